The van der Waals surface area contributed by atoms with Gasteiger partial charge in [-0.1, -0.05) is 73.6 Å². The molecule has 0 saturated carbocycles. The summed E-state index contributed by atoms with van der Waals surface area (Å²) in [6.45, 7) is 15.7. The van der Waals surface area contributed by atoms with E-state index in [4.69, 9.17) is 34.3 Å². The molecule has 0 aliphatic carbocycles. The summed E-state index contributed by atoms with van der Waals surface area (Å²) in [6.07, 6.45) is 10.8. The van der Waals surface area contributed by atoms with E-state index in [1.807, 2.05) is 0 Å². The van der Waals surface area contributed by atoms with Crippen LogP contribution in [0.3, 0.4) is 0 Å². The first-order valence-corrected chi connectivity index (χ1v) is 17.5. The van der Waals surface area contributed by atoms with Crippen molar-refractivity contribution in [3.63, 3.8) is 0 Å². The van der Waals surface area contributed by atoms with Crippen molar-refractivity contribution in [2.45, 2.75) is 38.5 Å². The van der Waals surface area contributed by atoms with E-state index in [1.165, 1.54) is 33.9 Å². The maximum atomic E-state index is 8.90. The van der Waals surface area contributed by atoms with E-state index in [0.717, 1.165) is 13.1 Å². The molecule has 0 fully saturated rings. The van der Waals surface area contributed by atoms with Crippen molar-refractivity contribution in [2.75, 3.05) is 97.2 Å². The summed E-state index contributed by atoms with van der Waals surface area (Å²) < 4.78 is 30.5. The van der Waals surface area contributed by atoms with Gasteiger partial charge in [-0.05, 0) is 37.1 Å². The van der Waals surface area contributed by atoms with Crippen molar-refractivity contribution in [3.8, 4) is 0 Å². The molecule has 0 unspecified atom stereocenters. The summed E-state index contributed by atoms with van der Waals surface area (Å²) in [7, 11) is 0. The number of hydrogen-bond donors (Lipinski definition) is 1. The number of benzene rings is 2. The zero-order valence-electron chi connectivity index (χ0n) is 30.5. The molecule has 0 bridgehead atoms. The molecule has 0 amide bonds. The Balaban J connectivity index is 0.00000702. The first-order chi connectivity index (χ1) is 24.3. The zero-order chi connectivity index (χ0) is 35.7. The highest BCUT2D eigenvalue weighted by atomic mass is 35.5. The van der Waals surface area contributed by atoms with E-state index in [0.29, 0.717) is 72.6 Å². The van der Waals surface area contributed by atoms with Gasteiger partial charge in [-0.3, -0.25) is 0 Å². The van der Waals surface area contributed by atoms with Crippen LogP contribution in [0, 0.1) is 0 Å². The van der Waals surface area contributed by atoms with Crippen LogP contribution in [0.1, 0.15) is 38.8 Å². The number of rotatable bonds is 23. The standard InChI is InChI=1S/C39H54N5O6.ClH/c1-38(2)32-12-8-10-14-34(32)43(19-23-47-27-29-49-25-21-45)36(38)16-6-5-7-17-37-39(3,4)33-13-9-11-15-35(33)44(37)20-24-48-28-31-50-30-26-46-22-18-41-42-40;/h5-17,45H,18-31H2,1-4H3;1H/q+1;/p-1. The first kappa shape index (κ1) is 41.9. The smallest absolute Gasteiger partial charge is 0.209 e. The maximum absolute atomic E-state index is 8.90. The predicted molar refractivity (Wildman–Crippen MR) is 198 cm³/mol. The molecule has 4 rings (SSSR count). The fraction of sp³-hybridized carbons (Fsp3) is 0.513. The van der Waals surface area contributed by atoms with Crippen LogP contribution in [-0.4, -0.2) is 108 Å². The Kier molecular flexibility index (Phi) is 17.9. The lowest BCUT2D eigenvalue weighted by Crippen LogP contribution is -3.00. The van der Waals surface area contributed by atoms with Crippen LogP contribution in [0.4, 0.5) is 11.4 Å². The summed E-state index contributed by atoms with van der Waals surface area (Å²) >= 11 is 0. The normalized spacial score (nSPS) is 16.6. The lowest BCUT2D eigenvalue weighted by molar-refractivity contribution is -0.442. The molecule has 0 atom stereocenters. The first-order valence-electron chi connectivity index (χ1n) is 17.5. The van der Waals surface area contributed by atoms with Gasteiger partial charge < -0.3 is 46.1 Å². The number of aliphatic hydroxyl groups excluding tert-OH is 1. The van der Waals surface area contributed by atoms with E-state index >= 15 is 0 Å². The van der Waals surface area contributed by atoms with Crippen LogP contribution in [0.15, 0.2) is 89.7 Å². The predicted octanol–water partition coefficient (Wildman–Crippen LogP) is 3.25. The average molecular weight is 724 g/mol. The van der Waals surface area contributed by atoms with Crippen LogP contribution < -0.4 is 17.3 Å². The number of aliphatic hydroxyl groups is 1. The van der Waals surface area contributed by atoms with E-state index in [-0.39, 0.29) is 29.8 Å². The zero-order valence-corrected chi connectivity index (χ0v) is 31.3. The topological polar surface area (TPSA) is 121 Å². The number of nitrogens with zero attached hydrogens (tertiary/aromatic N) is 5. The highest BCUT2D eigenvalue weighted by Crippen LogP contribution is 2.47. The second-order valence-corrected chi connectivity index (χ2v) is 13.0. The third-order valence-electron chi connectivity index (χ3n) is 9.00. The molecule has 2 aliphatic rings. The average Bonchev–Trinajstić information content (AvgIpc) is 3.46. The molecule has 0 aromatic heterocycles. The number of azide groups is 1. The Morgan fingerprint density at radius 1 is 0.745 bits per heavy atom. The second-order valence-electron chi connectivity index (χ2n) is 13.0. The van der Waals surface area contributed by atoms with Crippen LogP contribution in [0.25, 0.3) is 10.4 Å². The lowest BCUT2D eigenvalue weighted by atomic mass is 9.81. The minimum absolute atomic E-state index is 0. The molecule has 1 N–H and O–H groups in total. The van der Waals surface area contributed by atoms with E-state index < -0.39 is 0 Å². The fourth-order valence-corrected chi connectivity index (χ4v) is 6.51. The molecule has 0 radical (unpaired) electrons. The summed E-state index contributed by atoms with van der Waals surface area (Å²) in [6, 6.07) is 17.2. The summed E-state index contributed by atoms with van der Waals surface area (Å²) in [4.78, 5) is 5.07. The third-order valence-corrected chi connectivity index (χ3v) is 9.00. The molecule has 2 heterocycles. The fourth-order valence-electron chi connectivity index (χ4n) is 6.51. The van der Waals surface area contributed by atoms with Gasteiger partial charge in [0.15, 0.2) is 12.3 Å². The molecule has 0 saturated heterocycles. The Morgan fingerprint density at radius 3 is 2.06 bits per heavy atom. The highest BCUT2D eigenvalue weighted by molar-refractivity contribution is 6.03. The number of allylic oxidation sites excluding steroid dienone is 6. The minimum Gasteiger partial charge on any atom is -1.00 e. The van der Waals surface area contributed by atoms with Crippen molar-refractivity contribution in [1.82, 2.24) is 0 Å². The lowest BCUT2D eigenvalue weighted by Gasteiger charge is -2.27. The second kappa shape index (κ2) is 21.8. The monoisotopic (exact) mass is 723 g/mol. The van der Waals surface area contributed by atoms with Crippen LogP contribution >= 0.6 is 0 Å². The number of halogens is 1. The van der Waals surface area contributed by atoms with Crippen LogP contribution in [-0.2, 0) is 34.5 Å². The van der Waals surface area contributed by atoms with Gasteiger partial charge in [0.2, 0.25) is 5.69 Å². The van der Waals surface area contributed by atoms with Gasteiger partial charge in [0.25, 0.3) is 0 Å². The molecular weight excluding hydrogens is 670 g/mol. The number of fused-ring (bicyclic) bond motifs is 2. The van der Waals surface area contributed by atoms with Gasteiger partial charge in [-0.15, -0.1) is 0 Å². The highest BCUT2D eigenvalue weighted by Gasteiger charge is 2.44. The summed E-state index contributed by atoms with van der Waals surface area (Å²) in [5.41, 5.74) is 15.5. The van der Waals surface area contributed by atoms with Gasteiger partial charge >= 0.3 is 0 Å². The third kappa shape index (κ3) is 11.5. The van der Waals surface area contributed by atoms with Crippen LogP contribution in [0.5, 0.6) is 0 Å². The maximum Gasteiger partial charge on any atom is 0.209 e. The molecule has 0 spiro atoms. The number of ether oxygens (including phenoxy) is 5. The molecule has 2 aromatic carbocycles. The molecule has 11 nitrogen and oxygen atoms in total. The summed E-state index contributed by atoms with van der Waals surface area (Å²) in [5.74, 6) is 0. The summed E-state index contributed by atoms with van der Waals surface area (Å²) in [5, 5.41) is 12.3. The molecular formula is C39H54ClN5O6. The molecule has 51 heavy (non-hydrogen) atoms. The van der Waals surface area contributed by atoms with Crippen LogP contribution in [0.2, 0.25) is 0 Å². The largest absolute Gasteiger partial charge is 1.00 e. The minimum atomic E-state index is -0.157. The van der Waals surface area contributed by atoms with Gasteiger partial charge in [0.05, 0.1) is 71.5 Å². The molecule has 2 aliphatic heterocycles. The van der Waals surface area contributed by atoms with Gasteiger partial charge in [-0.2, -0.15) is 4.58 Å². The number of hydrogen-bond acceptors (Lipinski definition) is 8. The van der Waals surface area contributed by atoms with Crippen molar-refractivity contribution in [1.29, 1.82) is 0 Å². The Bertz CT molecular complexity index is 1550. The quantitative estimate of drug-likeness (QED) is 0.0467. The van der Waals surface area contributed by atoms with Crippen molar-refractivity contribution in [2.24, 2.45) is 5.11 Å². The number of para-hydroxylation sites is 2. The van der Waals surface area contributed by atoms with Crippen molar-refractivity contribution >= 4 is 17.1 Å². The Labute approximate surface area is 309 Å². The van der Waals surface area contributed by atoms with E-state index in [9.17, 15) is 0 Å². The SMILES string of the molecule is CC1(C)C(/C=C/C=C/C=C2/N(CCOCCOCCOCCN=[N+]=[N-])c3ccccc3C2(C)C)=[N+](CCOCCOCCO)c2ccccc21.[Cl-]. The Hall–Kier alpha value is -3.51. The van der Waals surface area contributed by atoms with Gasteiger partial charge in [0, 0.05) is 52.5 Å². The van der Waals surface area contributed by atoms with E-state index in [2.05, 4.69) is 126 Å². The molecule has 278 valence electrons. The molecule has 12 heteroatoms. The van der Waals surface area contributed by atoms with Crippen molar-refractivity contribution in [3.05, 3.63) is 106 Å². The van der Waals surface area contributed by atoms with Gasteiger partial charge in [-0.25, -0.2) is 0 Å². The Morgan fingerprint density at radius 2 is 1.35 bits per heavy atom. The van der Waals surface area contributed by atoms with Crippen molar-refractivity contribution < 1.29 is 45.8 Å². The molecule has 2 aromatic rings. The number of anilines is 1. The van der Waals surface area contributed by atoms with Gasteiger partial charge in [0.1, 0.15) is 6.61 Å². The van der Waals surface area contributed by atoms with E-state index in [1.54, 1.807) is 0 Å².